The van der Waals surface area contributed by atoms with Crippen LogP contribution >= 0.6 is 22.9 Å². The minimum Gasteiger partial charge on any atom is -0.497 e. The average Bonchev–Trinajstić information content (AvgIpc) is 3.52. The van der Waals surface area contributed by atoms with Gasteiger partial charge >= 0.3 is 0 Å². The van der Waals surface area contributed by atoms with Gasteiger partial charge < -0.3 is 14.4 Å². The highest BCUT2D eigenvalue weighted by Crippen LogP contribution is 2.39. The highest BCUT2D eigenvalue weighted by Gasteiger charge is 2.28. The third-order valence-electron chi connectivity index (χ3n) is 5.77. The van der Waals surface area contributed by atoms with Gasteiger partial charge in [0.1, 0.15) is 11.6 Å². The van der Waals surface area contributed by atoms with Crippen LogP contribution in [0.3, 0.4) is 0 Å². The third kappa shape index (κ3) is 3.64. The molecule has 4 heterocycles. The number of aryl methyl sites for hydroxylation is 1. The minimum absolute atomic E-state index is 0.511. The number of halogens is 1. The van der Waals surface area contributed by atoms with Gasteiger partial charge in [-0.1, -0.05) is 18.5 Å². The SMILES string of the molecule is CCCN(Cc1ccsc1)c1c2c(nc3c(-c4ccc(OC)cc4Cl)c(C)nn13)COC2. The highest BCUT2D eigenvalue weighted by atomic mass is 35.5. The van der Waals surface area contributed by atoms with Gasteiger partial charge in [-0.3, -0.25) is 0 Å². The van der Waals surface area contributed by atoms with Gasteiger partial charge in [-0.25, -0.2) is 4.98 Å². The molecule has 0 aliphatic carbocycles. The largest absolute Gasteiger partial charge is 0.497 e. The predicted molar refractivity (Wildman–Crippen MR) is 129 cm³/mol. The molecule has 1 aromatic carbocycles. The van der Waals surface area contributed by atoms with Crippen LogP contribution in [0.25, 0.3) is 16.8 Å². The molecule has 0 spiro atoms. The summed E-state index contributed by atoms with van der Waals surface area (Å²) in [5.41, 5.74) is 6.93. The van der Waals surface area contributed by atoms with Crippen molar-refractivity contribution in [2.24, 2.45) is 0 Å². The van der Waals surface area contributed by atoms with Crippen LogP contribution in [0.4, 0.5) is 5.82 Å². The Bertz CT molecular complexity index is 1270. The predicted octanol–water partition coefficient (Wildman–Crippen LogP) is 5.88. The van der Waals surface area contributed by atoms with E-state index in [-0.39, 0.29) is 0 Å². The number of fused-ring (bicyclic) bond motifs is 2. The molecule has 0 radical (unpaired) electrons. The fourth-order valence-corrected chi connectivity index (χ4v) is 5.26. The molecular weight excluding hydrogens is 444 g/mol. The number of hydrogen-bond acceptors (Lipinski definition) is 6. The molecule has 0 bridgehead atoms. The van der Waals surface area contributed by atoms with E-state index >= 15 is 0 Å². The molecule has 1 aliphatic heterocycles. The molecule has 32 heavy (non-hydrogen) atoms. The van der Waals surface area contributed by atoms with Gasteiger partial charge in [0, 0.05) is 24.2 Å². The van der Waals surface area contributed by atoms with Gasteiger partial charge in [-0.2, -0.15) is 21.0 Å². The van der Waals surface area contributed by atoms with Crippen LogP contribution in [0.2, 0.25) is 5.02 Å². The molecule has 0 unspecified atom stereocenters. The van der Waals surface area contributed by atoms with Gasteiger partial charge in [0.2, 0.25) is 0 Å². The molecule has 3 aromatic heterocycles. The average molecular weight is 469 g/mol. The van der Waals surface area contributed by atoms with Crippen LogP contribution in [-0.2, 0) is 24.5 Å². The monoisotopic (exact) mass is 468 g/mol. The van der Waals surface area contributed by atoms with E-state index in [9.17, 15) is 0 Å². The van der Waals surface area contributed by atoms with E-state index in [4.69, 9.17) is 31.2 Å². The molecule has 1 aliphatic rings. The molecule has 8 heteroatoms. The minimum atomic E-state index is 0.511. The molecule has 0 fully saturated rings. The first-order valence-corrected chi connectivity index (χ1v) is 12.0. The second kappa shape index (κ2) is 8.73. The van der Waals surface area contributed by atoms with Crippen LogP contribution in [-0.4, -0.2) is 28.3 Å². The van der Waals surface area contributed by atoms with Crippen LogP contribution in [0.1, 0.15) is 35.9 Å². The maximum absolute atomic E-state index is 6.66. The summed E-state index contributed by atoms with van der Waals surface area (Å²) < 4.78 is 13.1. The number of anilines is 1. The van der Waals surface area contributed by atoms with E-state index < -0.39 is 0 Å². The molecule has 0 saturated heterocycles. The van der Waals surface area contributed by atoms with E-state index in [1.807, 2.05) is 29.6 Å². The van der Waals surface area contributed by atoms with Gasteiger partial charge in [0.15, 0.2) is 5.65 Å². The number of ether oxygens (including phenoxy) is 2. The second-order valence-electron chi connectivity index (χ2n) is 7.95. The first-order valence-electron chi connectivity index (χ1n) is 10.7. The molecule has 0 saturated carbocycles. The Kier molecular flexibility index (Phi) is 5.80. The summed E-state index contributed by atoms with van der Waals surface area (Å²) in [6, 6.07) is 7.91. The molecule has 4 aromatic rings. The quantitative estimate of drug-likeness (QED) is 0.339. The van der Waals surface area contributed by atoms with Gasteiger partial charge in [0.05, 0.1) is 42.3 Å². The van der Waals surface area contributed by atoms with Crippen LogP contribution in [0.15, 0.2) is 35.0 Å². The molecule has 0 amide bonds. The zero-order valence-corrected chi connectivity index (χ0v) is 20.0. The summed E-state index contributed by atoms with van der Waals surface area (Å²) in [6.07, 6.45) is 1.03. The molecule has 166 valence electrons. The van der Waals surface area contributed by atoms with Crippen molar-refractivity contribution in [2.45, 2.75) is 40.0 Å². The Morgan fingerprint density at radius 3 is 2.88 bits per heavy atom. The van der Waals surface area contributed by atoms with Crippen molar-refractivity contribution in [3.8, 4) is 16.9 Å². The number of benzene rings is 1. The number of rotatable bonds is 7. The molecule has 5 rings (SSSR count). The highest BCUT2D eigenvalue weighted by molar-refractivity contribution is 7.07. The van der Waals surface area contributed by atoms with Crippen molar-refractivity contribution >= 4 is 34.4 Å². The smallest absolute Gasteiger partial charge is 0.165 e. The molecule has 0 N–H and O–H groups in total. The summed E-state index contributed by atoms with van der Waals surface area (Å²) >= 11 is 8.38. The van der Waals surface area contributed by atoms with Crippen LogP contribution in [0.5, 0.6) is 5.75 Å². The molecule has 6 nitrogen and oxygen atoms in total. The summed E-state index contributed by atoms with van der Waals surface area (Å²) in [6.45, 7) is 7.01. The fourth-order valence-electron chi connectivity index (χ4n) is 4.33. The summed E-state index contributed by atoms with van der Waals surface area (Å²) in [4.78, 5) is 7.40. The van der Waals surface area contributed by atoms with Crippen molar-refractivity contribution < 1.29 is 9.47 Å². The van der Waals surface area contributed by atoms with Crippen molar-refractivity contribution in [3.05, 3.63) is 62.6 Å². The van der Waals surface area contributed by atoms with Gasteiger partial charge in [-0.15, -0.1) is 0 Å². The fraction of sp³-hybridized carbons (Fsp3) is 0.333. The summed E-state index contributed by atoms with van der Waals surface area (Å²) in [7, 11) is 1.64. The Morgan fingerprint density at radius 2 is 2.16 bits per heavy atom. The van der Waals surface area contributed by atoms with Gasteiger partial charge in [-0.05, 0) is 53.9 Å². The second-order valence-corrected chi connectivity index (χ2v) is 9.14. The number of aromatic nitrogens is 3. The maximum Gasteiger partial charge on any atom is 0.165 e. The zero-order chi connectivity index (χ0) is 22.2. The van der Waals surface area contributed by atoms with E-state index in [1.54, 1.807) is 18.4 Å². The van der Waals surface area contributed by atoms with Crippen molar-refractivity contribution in [2.75, 3.05) is 18.6 Å². The number of nitrogens with zero attached hydrogens (tertiary/aromatic N) is 4. The number of methoxy groups -OCH3 is 1. The Labute approximate surface area is 196 Å². The maximum atomic E-state index is 6.66. The molecule has 0 atom stereocenters. The summed E-state index contributed by atoms with van der Waals surface area (Å²) in [5, 5.41) is 9.89. The standard InChI is InChI=1S/C24H25ClN4O2S/c1-4-8-28(11-16-7-9-32-14-16)24-19-12-31-13-21(19)26-23-22(15(2)27-29(23)24)18-6-5-17(30-3)10-20(18)25/h5-7,9-10,14H,4,8,11-13H2,1-3H3. The first kappa shape index (κ1) is 21.2. The van der Waals surface area contributed by atoms with E-state index in [2.05, 4.69) is 28.7 Å². The van der Waals surface area contributed by atoms with Crippen LogP contribution < -0.4 is 9.64 Å². The summed E-state index contributed by atoms with van der Waals surface area (Å²) in [5.74, 6) is 1.79. The lowest BCUT2D eigenvalue weighted by Crippen LogP contribution is -2.27. The normalized spacial score (nSPS) is 13.0. The van der Waals surface area contributed by atoms with E-state index in [1.165, 1.54) is 5.56 Å². The van der Waals surface area contributed by atoms with Crippen LogP contribution in [0, 0.1) is 6.92 Å². The topological polar surface area (TPSA) is 51.9 Å². The molecular formula is C24H25ClN4O2S. The lowest BCUT2D eigenvalue weighted by molar-refractivity contribution is 0.133. The Hall–Kier alpha value is -2.61. The number of thiophene rings is 1. The van der Waals surface area contributed by atoms with Crippen molar-refractivity contribution in [1.29, 1.82) is 0 Å². The lowest BCUT2D eigenvalue weighted by atomic mass is 10.1. The Balaban J connectivity index is 1.73. The van der Waals surface area contributed by atoms with E-state index in [0.29, 0.717) is 18.2 Å². The zero-order valence-electron chi connectivity index (χ0n) is 18.4. The number of hydrogen-bond donors (Lipinski definition) is 0. The third-order valence-corrected chi connectivity index (χ3v) is 6.82. The first-order chi connectivity index (χ1) is 15.6. The Morgan fingerprint density at radius 1 is 1.28 bits per heavy atom. The lowest BCUT2D eigenvalue weighted by Gasteiger charge is -2.26. The van der Waals surface area contributed by atoms with Gasteiger partial charge in [0.25, 0.3) is 0 Å². The van der Waals surface area contributed by atoms with Crippen molar-refractivity contribution in [3.63, 3.8) is 0 Å². The van der Waals surface area contributed by atoms with Crippen molar-refractivity contribution in [1.82, 2.24) is 14.6 Å². The van der Waals surface area contributed by atoms with E-state index in [0.717, 1.165) is 64.8 Å².